The Morgan fingerprint density at radius 2 is 2.15 bits per heavy atom. The number of benzene rings is 1. The van der Waals surface area contributed by atoms with Crippen molar-refractivity contribution in [1.82, 2.24) is 4.98 Å². The van der Waals surface area contributed by atoms with E-state index >= 15 is 0 Å². The van der Waals surface area contributed by atoms with Crippen LogP contribution in [-0.4, -0.2) is 11.6 Å². The maximum Gasteiger partial charge on any atom is 0.144 e. The van der Waals surface area contributed by atoms with Crippen LogP contribution in [0, 0.1) is 12.8 Å². The van der Waals surface area contributed by atoms with Gasteiger partial charge in [-0.15, -0.1) is 11.3 Å². The highest BCUT2D eigenvalue weighted by atomic mass is 32.1. The number of nitrogens with zero attached hydrogens (tertiary/aromatic N) is 1. The van der Waals surface area contributed by atoms with E-state index in [0.29, 0.717) is 11.6 Å². The zero-order valence-electron chi connectivity index (χ0n) is 12.6. The number of rotatable bonds is 7. The highest BCUT2D eigenvalue weighted by Crippen LogP contribution is 2.31. The molecule has 0 aliphatic carbocycles. The van der Waals surface area contributed by atoms with E-state index in [-0.39, 0.29) is 0 Å². The van der Waals surface area contributed by atoms with Crippen molar-refractivity contribution in [1.29, 1.82) is 0 Å². The lowest BCUT2D eigenvalue weighted by Crippen LogP contribution is -2.12. The first-order valence-electron chi connectivity index (χ1n) is 7.43. The van der Waals surface area contributed by atoms with Gasteiger partial charge in [0.15, 0.2) is 0 Å². The predicted molar refractivity (Wildman–Crippen MR) is 87.6 cm³/mol. The van der Waals surface area contributed by atoms with Gasteiger partial charge in [0, 0.05) is 6.07 Å². The average molecular weight is 292 g/mol. The number of nitrogen functional groups attached to an aromatic ring is 1. The third-order valence-electron chi connectivity index (χ3n) is 3.64. The molecule has 20 heavy (non-hydrogen) atoms. The van der Waals surface area contributed by atoms with Crippen LogP contribution in [0.4, 0.5) is 5.69 Å². The standard InChI is InChI=1S/C16H24N2OS/c1-4-6-7-12(5-2)10-19-15-9-14-16(8-13(15)17)20-11(3)18-14/h8-9,12H,4-7,10,17H2,1-3H3. The molecule has 110 valence electrons. The molecule has 2 N–H and O–H groups in total. The van der Waals surface area contributed by atoms with Gasteiger partial charge >= 0.3 is 0 Å². The van der Waals surface area contributed by atoms with E-state index in [0.717, 1.165) is 34.0 Å². The SMILES string of the molecule is CCCCC(CC)COc1cc2nc(C)sc2cc1N. The Morgan fingerprint density at radius 3 is 2.85 bits per heavy atom. The number of thiazole rings is 1. The Balaban J connectivity index is 2.06. The lowest BCUT2D eigenvalue weighted by atomic mass is 10.0. The molecule has 0 aliphatic heterocycles. The maximum atomic E-state index is 6.08. The Hall–Kier alpha value is -1.29. The molecule has 1 aromatic carbocycles. The van der Waals surface area contributed by atoms with Crippen molar-refractivity contribution in [3.05, 3.63) is 17.1 Å². The van der Waals surface area contributed by atoms with Crippen molar-refractivity contribution in [2.75, 3.05) is 12.3 Å². The lowest BCUT2D eigenvalue weighted by molar-refractivity contribution is 0.234. The Bertz CT molecular complexity index is 565. The highest BCUT2D eigenvalue weighted by Gasteiger charge is 2.11. The number of unbranched alkanes of at least 4 members (excludes halogenated alkanes) is 1. The smallest absolute Gasteiger partial charge is 0.144 e. The molecule has 4 heteroatoms. The molecule has 0 radical (unpaired) electrons. The largest absolute Gasteiger partial charge is 0.491 e. The van der Waals surface area contributed by atoms with E-state index in [1.54, 1.807) is 11.3 Å². The van der Waals surface area contributed by atoms with Crippen molar-refractivity contribution in [2.24, 2.45) is 5.92 Å². The summed E-state index contributed by atoms with van der Waals surface area (Å²) < 4.78 is 7.07. The van der Waals surface area contributed by atoms with E-state index in [4.69, 9.17) is 10.5 Å². The van der Waals surface area contributed by atoms with Gasteiger partial charge < -0.3 is 10.5 Å². The zero-order chi connectivity index (χ0) is 14.5. The molecule has 1 atom stereocenters. The summed E-state index contributed by atoms with van der Waals surface area (Å²) in [5.74, 6) is 1.39. The molecular weight excluding hydrogens is 268 g/mol. The van der Waals surface area contributed by atoms with Gasteiger partial charge in [0.05, 0.1) is 27.5 Å². The first kappa shape index (κ1) is 15.1. The number of aromatic nitrogens is 1. The molecule has 0 bridgehead atoms. The topological polar surface area (TPSA) is 48.1 Å². The Labute approximate surface area is 125 Å². The fraction of sp³-hybridized carbons (Fsp3) is 0.562. The summed E-state index contributed by atoms with van der Waals surface area (Å²) in [6.07, 6.45) is 4.88. The van der Waals surface area contributed by atoms with E-state index in [1.165, 1.54) is 19.3 Å². The van der Waals surface area contributed by atoms with Crippen molar-refractivity contribution in [2.45, 2.75) is 46.5 Å². The number of ether oxygens (including phenoxy) is 1. The second kappa shape index (κ2) is 6.93. The van der Waals surface area contributed by atoms with Crippen LogP contribution in [0.5, 0.6) is 5.75 Å². The Morgan fingerprint density at radius 1 is 1.35 bits per heavy atom. The van der Waals surface area contributed by atoms with Crippen molar-refractivity contribution >= 4 is 27.2 Å². The summed E-state index contributed by atoms with van der Waals surface area (Å²) in [4.78, 5) is 4.49. The minimum absolute atomic E-state index is 0.613. The molecule has 0 spiro atoms. The van der Waals surface area contributed by atoms with Gasteiger partial charge in [0.1, 0.15) is 5.75 Å². The van der Waals surface area contributed by atoms with Gasteiger partial charge in [0.2, 0.25) is 0 Å². The van der Waals surface area contributed by atoms with Gasteiger partial charge in [-0.25, -0.2) is 4.98 Å². The minimum atomic E-state index is 0.613. The fourth-order valence-electron chi connectivity index (χ4n) is 2.32. The molecule has 1 heterocycles. The molecule has 3 nitrogen and oxygen atoms in total. The quantitative estimate of drug-likeness (QED) is 0.747. The molecule has 0 saturated heterocycles. The van der Waals surface area contributed by atoms with Crippen molar-refractivity contribution in [3.8, 4) is 5.75 Å². The number of anilines is 1. The zero-order valence-corrected chi connectivity index (χ0v) is 13.4. The summed E-state index contributed by atoms with van der Waals surface area (Å²) in [5.41, 5.74) is 7.78. The number of nitrogens with two attached hydrogens (primary N) is 1. The second-order valence-electron chi connectivity index (χ2n) is 5.32. The van der Waals surface area contributed by atoms with E-state index in [1.807, 2.05) is 19.1 Å². The van der Waals surface area contributed by atoms with Gasteiger partial charge in [-0.2, -0.15) is 0 Å². The molecule has 0 saturated carbocycles. The average Bonchev–Trinajstić information content (AvgIpc) is 2.78. The van der Waals surface area contributed by atoms with Crippen molar-refractivity contribution < 1.29 is 4.74 Å². The molecule has 1 aromatic heterocycles. The number of fused-ring (bicyclic) bond motifs is 1. The summed E-state index contributed by atoms with van der Waals surface area (Å²) in [7, 11) is 0. The lowest BCUT2D eigenvalue weighted by Gasteiger charge is -2.16. The van der Waals surface area contributed by atoms with E-state index < -0.39 is 0 Å². The first-order chi connectivity index (χ1) is 9.63. The van der Waals surface area contributed by atoms with Gasteiger partial charge in [-0.1, -0.05) is 33.1 Å². The maximum absolute atomic E-state index is 6.08. The first-order valence-corrected chi connectivity index (χ1v) is 8.25. The molecular formula is C16H24N2OS. The third kappa shape index (κ3) is 3.63. The van der Waals surface area contributed by atoms with Crippen LogP contribution in [0.2, 0.25) is 0 Å². The van der Waals surface area contributed by atoms with Crippen molar-refractivity contribution in [3.63, 3.8) is 0 Å². The summed E-state index contributed by atoms with van der Waals surface area (Å²) in [6, 6.07) is 3.95. The second-order valence-corrected chi connectivity index (χ2v) is 6.55. The van der Waals surface area contributed by atoms with Crippen LogP contribution < -0.4 is 10.5 Å². The van der Waals surface area contributed by atoms with Crippen LogP contribution in [0.25, 0.3) is 10.2 Å². The number of aryl methyl sites for hydroxylation is 1. The van der Waals surface area contributed by atoms with Gasteiger partial charge in [-0.05, 0) is 25.3 Å². The van der Waals surface area contributed by atoms with Crippen LogP contribution in [0.15, 0.2) is 12.1 Å². The fourth-order valence-corrected chi connectivity index (χ4v) is 3.17. The molecule has 0 aliphatic rings. The summed E-state index contributed by atoms with van der Waals surface area (Å²) in [5, 5.41) is 1.06. The summed E-state index contributed by atoms with van der Waals surface area (Å²) >= 11 is 1.67. The predicted octanol–water partition coefficient (Wildman–Crippen LogP) is 4.78. The van der Waals surface area contributed by atoms with Crippen LogP contribution in [0.3, 0.4) is 0 Å². The molecule has 1 unspecified atom stereocenters. The Kier molecular flexibility index (Phi) is 5.24. The van der Waals surface area contributed by atoms with Gasteiger partial charge in [0.25, 0.3) is 0 Å². The third-order valence-corrected chi connectivity index (χ3v) is 4.58. The molecule has 2 rings (SSSR count). The molecule has 0 amide bonds. The van der Waals surface area contributed by atoms with Crippen LogP contribution >= 0.6 is 11.3 Å². The monoisotopic (exact) mass is 292 g/mol. The number of hydrogen-bond donors (Lipinski definition) is 1. The minimum Gasteiger partial charge on any atom is -0.491 e. The summed E-state index contributed by atoms with van der Waals surface area (Å²) in [6.45, 7) is 7.21. The molecule has 0 fully saturated rings. The molecule has 2 aromatic rings. The van der Waals surface area contributed by atoms with Gasteiger partial charge in [-0.3, -0.25) is 0 Å². The highest BCUT2D eigenvalue weighted by molar-refractivity contribution is 7.18. The normalized spacial score (nSPS) is 12.8. The van der Waals surface area contributed by atoms with Crippen LogP contribution in [0.1, 0.15) is 44.5 Å². The van der Waals surface area contributed by atoms with E-state index in [2.05, 4.69) is 18.8 Å². The number of hydrogen-bond acceptors (Lipinski definition) is 4. The van der Waals surface area contributed by atoms with E-state index in [9.17, 15) is 0 Å². The van der Waals surface area contributed by atoms with Crippen LogP contribution in [-0.2, 0) is 0 Å².